The first kappa shape index (κ1) is 23.7. The monoisotopic (exact) mass is 447 g/mol. The Morgan fingerprint density at radius 2 is 2.09 bits per heavy atom. The van der Waals surface area contributed by atoms with Gasteiger partial charge in [-0.3, -0.25) is 14.6 Å². The summed E-state index contributed by atoms with van der Waals surface area (Å²) in [6, 6.07) is 11.6. The lowest BCUT2D eigenvalue weighted by atomic mass is 9.78. The first-order valence-corrected chi connectivity index (χ1v) is 10.6. The summed E-state index contributed by atoms with van der Waals surface area (Å²) in [6.07, 6.45) is 2.82. The number of nitriles is 1. The number of hydrogen-bond donors (Lipinski definition) is 2. The molecule has 0 aromatic heterocycles. The normalized spacial score (nSPS) is 18.4. The fraction of sp³-hybridized carbons (Fsp3) is 0.280. The molecule has 33 heavy (non-hydrogen) atoms. The summed E-state index contributed by atoms with van der Waals surface area (Å²) >= 11 is 0. The molecule has 170 valence electrons. The van der Waals surface area contributed by atoms with E-state index in [0.717, 1.165) is 0 Å². The number of anilines is 1. The molecule has 1 heterocycles. The van der Waals surface area contributed by atoms with Crippen LogP contribution >= 0.6 is 0 Å². The van der Waals surface area contributed by atoms with Crippen LogP contribution in [0.15, 0.2) is 59.2 Å². The Bertz CT molecular complexity index is 1170. The van der Waals surface area contributed by atoms with Crippen molar-refractivity contribution >= 4 is 23.7 Å². The van der Waals surface area contributed by atoms with E-state index in [0.29, 0.717) is 23.4 Å². The second-order valence-electron chi connectivity index (χ2n) is 8.24. The lowest BCUT2D eigenvalue weighted by molar-refractivity contribution is -0.118. The number of nitrogens with one attached hydrogen (secondary N) is 1. The molecule has 0 bridgehead atoms. The van der Waals surface area contributed by atoms with E-state index in [4.69, 9.17) is 5.73 Å². The Labute approximate surface area is 192 Å². The van der Waals surface area contributed by atoms with Gasteiger partial charge >= 0.3 is 0 Å². The zero-order chi connectivity index (χ0) is 24.1. The van der Waals surface area contributed by atoms with E-state index in [2.05, 4.69) is 10.3 Å². The van der Waals surface area contributed by atoms with Crippen molar-refractivity contribution in [1.29, 1.82) is 5.26 Å². The summed E-state index contributed by atoms with van der Waals surface area (Å²) in [6.45, 7) is 4.29. The SMILES string of the molecule is CN=CC(=CN)[C@@H]1[C@@H](C(=O)Nc2cccc(C#N)c2)c2cc(F)ccc2C(=O)N1CC(C)C. The number of carbonyl (C=O) groups is 2. The summed E-state index contributed by atoms with van der Waals surface area (Å²) in [4.78, 5) is 32.7. The van der Waals surface area contributed by atoms with Gasteiger partial charge in [-0.05, 0) is 47.9 Å². The minimum atomic E-state index is -0.953. The van der Waals surface area contributed by atoms with Gasteiger partial charge in [-0.15, -0.1) is 0 Å². The van der Waals surface area contributed by atoms with Crippen molar-refractivity contribution in [2.45, 2.75) is 25.8 Å². The van der Waals surface area contributed by atoms with E-state index >= 15 is 0 Å². The number of halogens is 1. The first-order chi connectivity index (χ1) is 15.8. The molecule has 1 aliphatic heterocycles. The van der Waals surface area contributed by atoms with Crippen molar-refractivity contribution < 1.29 is 14.0 Å². The molecule has 0 unspecified atom stereocenters. The van der Waals surface area contributed by atoms with Crippen LogP contribution in [0.2, 0.25) is 0 Å². The largest absolute Gasteiger partial charge is 0.404 e. The number of nitrogens with zero attached hydrogens (tertiary/aromatic N) is 3. The summed E-state index contributed by atoms with van der Waals surface area (Å²) in [5.74, 6) is -2.16. The molecule has 0 aliphatic carbocycles. The predicted octanol–water partition coefficient (Wildman–Crippen LogP) is 3.44. The highest BCUT2D eigenvalue weighted by molar-refractivity contribution is 6.06. The Kier molecular flexibility index (Phi) is 7.23. The van der Waals surface area contributed by atoms with Crippen LogP contribution in [0.3, 0.4) is 0 Å². The van der Waals surface area contributed by atoms with Gasteiger partial charge in [-0.1, -0.05) is 19.9 Å². The number of rotatable bonds is 6. The van der Waals surface area contributed by atoms with E-state index in [1.54, 1.807) is 36.2 Å². The third kappa shape index (κ3) is 4.93. The molecule has 0 fully saturated rings. The van der Waals surface area contributed by atoms with Crippen LogP contribution in [0.25, 0.3) is 0 Å². The molecule has 2 amide bonds. The highest BCUT2D eigenvalue weighted by Gasteiger charge is 2.45. The van der Waals surface area contributed by atoms with Crippen molar-refractivity contribution in [1.82, 2.24) is 4.90 Å². The minimum Gasteiger partial charge on any atom is -0.404 e. The van der Waals surface area contributed by atoms with Gasteiger partial charge in [0.1, 0.15) is 5.82 Å². The van der Waals surface area contributed by atoms with Gasteiger partial charge in [0.25, 0.3) is 5.91 Å². The van der Waals surface area contributed by atoms with Crippen molar-refractivity contribution in [2.75, 3.05) is 18.9 Å². The maximum Gasteiger partial charge on any atom is 0.254 e. The van der Waals surface area contributed by atoms with E-state index in [1.165, 1.54) is 30.6 Å². The van der Waals surface area contributed by atoms with Crippen LogP contribution in [0.4, 0.5) is 10.1 Å². The number of fused-ring (bicyclic) bond motifs is 1. The Balaban J connectivity index is 2.18. The molecule has 3 rings (SSSR count). The lowest BCUT2D eigenvalue weighted by Crippen LogP contribution is -2.53. The highest BCUT2D eigenvalue weighted by atomic mass is 19.1. The third-order valence-electron chi connectivity index (χ3n) is 5.41. The van der Waals surface area contributed by atoms with Crippen molar-refractivity contribution in [3.63, 3.8) is 0 Å². The van der Waals surface area contributed by atoms with Gasteiger partial charge in [-0.25, -0.2) is 4.39 Å². The molecule has 2 atom stereocenters. The lowest BCUT2D eigenvalue weighted by Gasteiger charge is -2.42. The van der Waals surface area contributed by atoms with Crippen LogP contribution < -0.4 is 11.1 Å². The summed E-state index contributed by atoms with van der Waals surface area (Å²) in [5.41, 5.74) is 7.72. The average Bonchev–Trinajstić information content (AvgIpc) is 2.79. The maximum absolute atomic E-state index is 14.3. The predicted molar refractivity (Wildman–Crippen MR) is 125 cm³/mol. The van der Waals surface area contributed by atoms with E-state index < -0.39 is 23.7 Å². The number of hydrogen-bond acceptors (Lipinski definition) is 5. The topological polar surface area (TPSA) is 112 Å². The fourth-order valence-electron chi connectivity index (χ4n) is 4.12. The molecule has 0 saturated carbocycles. The smallest absolute Gasteiger partial charge is 0.254 e. The van der Waals surface area contributed by atoms with Gasteiger partial charge in [0.2, 0.25) is 5.91 Å². The van der Waals surface area contributed by atoms with Crippen molar-refractivity contribution in [2.24, 2.45) is 16.6 Å². The molecule has 1 aliphatic rings. The maximum atomic E-state index is 14.3. The zero-order valence-corrected chi connectivity index (χ0v) is 18.7. The molecule has 8 heteroatoms. The van der Waals surface area contributed by atoms with Crippen LogP contribution in [0.5, 0.6) is 0 Å². The van der Waals surface area contributed by atoms with Crippen LogP contribution in [-0.4, -0.2) is 42.6 Å². The average molecular weight is 448 g/mol. The minimum absolute atomic E-state index is 0.104. The van der Waals surface area contributed by atoms with E-state index in [9.17, 15) is 19.2 Å². The molecule has 7 nitrogen and oxygen atoms in total. The number of aliphatic imine (C=N–C) groups is 1. The molecule has 0 radical (unpaired) electrons. The number of amides is 2. The van der Waals surface area contributed by atoms with Gasteiger partial charge in [0.05, 0.1) is 23.6 Å². The van der Waals surface area contributed by atoms with Gasteiger partial charge in [-0.2, -0.15) is 5.26 Å². The second-order valence-corrected chi connectivity index (χ2v) is 8.24. The number of benzene rings is 2. The highest BCUT2D eigenvalue weighted by Crippen LogP contribution is 2.38. The fourth-order valence-corrected chi connectivity index (χ4v) is 4.12. The molecular formula is C25H26FN5O2. The molecule has 0 saturated heterocycles. The van der Waals surface area contributed by atoms with Crippen molar-refractivity contribution in [3.8, 4) is 6.07 Å². The van der Waals surface area contributed by atoms with Gasteiger partial charge < -0.3 is 16.0 Å². The van der Waals surface area contributed by atoms with Gasteiger partial charge in [0, 0.05) is 42.8 Å². The Morgan fingerprint density at radius 3 is 2.73 bits per heavy atom. The summed E-state index contributed by atoms with van der Waals surface area (Å²) < 4.78 is 14.3. The molecule has 2 aromatic rings. The number of carbonyl (C=O) groups excluding carboxylic acids is 2. The molecule has 3 N–H and O–H groups in total. The Morgan fingerprint density at radius 1 is 1.33 bits per heavy atom. The summed E-state index contributed by atoms with van der Waals surface area (Å²) in [5, 5.41) is 12.0. The Hall–Kier alpha value is -3.99. The van der Waals surface area contributed by atoms with Crippen molar-refractivity contribution in [3.05, 3.63) is 76.7 Å². The summed E-state index contributed by atoms with van der Waals surface area (Å²) in [7, 11) is 1.57. The van der Waals surface area contributed by atoms with E-state index in [-0.39, 0.29) is 23.0 Å². The zero-order valence-electron chi connectivity index (χ0n) is 18.7. The molecular weight excluding hydrogens is 421 g/mol. The second kappa shape index (κ2) is 10.1. The van der Waals surface area contributed by atoms with Crippen LogP contribution in [0, 0.1) is 23.1 Å². The van der Waals surface area contributed by atoms with Gasteiger partial charge in [0.15, 0.2) is 0 Å². The third-order valence-corrected chi connectivity index (χ3v) is 5.41. The quantitative estimate of drug-likeness (QED) is 0.661. The molecule has 0 spiro atoms. The first-order valence-electron chi connectivity index (χ1n) is 10.6. The molecule has 2 aromatic carbocycles. The standard InChI is InChI=1S/C25H26FN5O2/c1-15(2)14-31-23(17(12-28)13-29-3)22(21-10-18(26)7-8-20(21)25(31)33)24(32)30-19-6-4-5-16(9-19)11-27/h4-10,12-13,15,22-23H,14,28H2,1-3H3,(H,30,32)/t22-,23+/m0/s1. The van der Waals surface area contributed by atoms with Crippen LogP contribution in [0.1, 0.15) is 41.3 Å². The van der Waals surface area contributed by atoms with Crippen LogP contribution in [-0.2, 0) is 4.79 Å². The van der Waals surface area contributed by atoms with E-state index in [1.807, 2.05) is 19.9 Å². The number of nitrogens with two attached hydrogens (primary N) is 1.